The van der Waals surface area contributed by atoms with Crippen molar-refractivity contribution in [1.29, 1.82) is 0 Å². The maximum Gasteiger partial charge on any atom is 0.340 e. The molecule has 1 aromatic heterocycles. The van der Waals surface area contributed by atoms with Gasteiger partial charge in [-0.05, 0) is 75.6 Å². The van der Waals surface area contributed by atoms with Gasteiger partial charge in [0.05, 0.1) is 24.3 Å². The van der Waals surface area contributed by atoms with Crippen LogP contribution in [0.15, 0.2) is 71.4 Å². The van der Waals surface area contributed by atoms with Crippen LogP contribution in [0.25, 0.3) is 11.8 Å². The minimum atomic E-state index is -0.524. The predicted octanol–water partition coefficient (Wildman–Crippen LogP) is 6.49. The number of hydrogen-bond acceptors (Lipinski definition) is 3. The highest BCUT2D eigenvalue weighted by Gasteiger charge is 2.39. The van der Waals surface area contributed by atoms with Crippen molar-refractivity contribution in [2.45, 2.75) is 40.7 Å². The number of rotatable bonds is 5. The van der Waals surface area contributed by atoms with Crippen molar-refractivity contribution in [2.24, 2.45) is 0 Å². The van der Waals surface area contributed by atoms with E-state index < -0.39 is 5.97 Å². The molecule has 2 aromatic carbocycles. The van der Waals surface area contributed by atoms with Gasteiger partial charge in [0.1, 0.15) is 0 Å². The zero-order valence-electron chi connectivity index (χ0n) is 20.8. The van der Waals surface area contributed by atoms with Crippen molar-refractivity contribution in [2.75, 3.05) is 7.11 Å². The van der Waals surface area contributed by atoms with Gasteiger partial charge in [-0.15, -0.1) is 0 Å². The number of ether oxygens (including phenoxy) is 1. The SMILES string of the molecule is COC(=O)C1=C(C)N([C@@H](C)c2ccccc2)C(=O)/C1=C\c1cc(C)n(-c2cc(Cl)ccc2C)c1C. The summed E-state index contributed by atoms with van der Waals surface area (Å²) >= 11 is 6.28. The third-order valence-electron chi connectivity index (χ3n) is 6.68. The molecule has 35 heavy (non-hydrogen) atoms. The number of benzene rings is 2. The lowest BCUT2D eigenvalue weighted by Crippen LogP contribution is -2.28. The fourth-order valence-electron chi connectivity index (χ4n) is 4.83. The Morgan fingerprint density at radius 3 is 2.37 bits per heavy atom. The zero-order chi connectivity index (χ0) is 25.4. The van der Waals surface area contributed by atoms with Crippen molar-refractivity contribution in [3.63, 3.8) is 0 Å². The Kier molecular flexibility index (Phi) is 6.73. The van der Waals surface area contributed by atoms with Gasteiger partial charge in [0.15, 0.2) is 0 Å². The summed E-state index contributed by atoms with van der Waals surface area (Å²) in [5.74, 6) is -0.743. The molecule has 5 nitrogen and oxygen atoms in total. The first kappa shape index (κ1) is 24.6. The van der Waals surface area contributed by atoms with Crippen LogP contribution in [0.2, 0.25) is 5.02 Å². The number of carbonyl (C=O) groups excluding carboxylic acids is 2. The molecule has 4 rings (SSSR count). The van der Waals surface area contributed by atoms with Crippen LogP contribution in [0, 0.1) is 20.8 Å². The molecule has 0 fully saturated rings. The van der Waals surface area contributed by atoms with Crippen LogP contribution in [0.3, 0.4) is 0 Å². The van der Waals surface area contributed by atoms with Crippen LogP contribution in [0.1, 0.15) is 48.0 Å². The quantitative estimate of drug-likeness (QED) is 0.304. The van der Waals surface area contributed by atoms with Crippen molar-refractivity contribution < 1.29 is 14.3 Å². The van der Waals surface area contributed by atoms with E-state index >= 15 is 0 Å². The Morgan fingerprint density at radius 1 is 1.03 bits per heavy atom. The molecule has 180 valence electrons. The number of methoxy groups -OCH3 is 1. The summed E-state index contributed by atoms with van der Waals surface area (Å²) in [6.45, 7) is 9.80. The first-order chi connectivity index (χ1) is 16.6. The van der Waals surface area contributed by atoms with Gasteiger partial charge in [-0.2, -0.15) is 0 Å². The largest absolute Gasteiger partial charge is 0.465 e. The summed E-state index contributed by atoms with van der Waals surface area (Å²) < 4.78 is 7.19. The summed E-state index contributed by atoms with van der Waals surface area (Å²) in [4.78, 5) is 28.2. The second kappa shape index (κ2) is 9.59. The molecule has 0 bridgehead atoms. The number of hydrogen-bond donors (Lipinski definition) is 0. The molecule has 1 amide bonds. The minimum Gasteiger partial charge on any atom is -0.465 e. The molecule has 1 aliphatic heterocycles. The number of halogens is 1. The van der Waals surface area contributed by atoms with E-state index in [0.717, 1.165) is 33.8 Å². The Bertz CT molecular complexity index is 1380. The molecular formula is C29H29ClN2O3. The van der Waals surface area contributed by atoms with E-state index in [1.165, 1.54) is 7.11 Å². The second-order valence-corrected chi connectivity index (χ2v) is 9.30. The van der Waals surface area contributed by atoms with E-state index in [4.69, 9.17) is 16.3 Å². The van der Waals surface area contributed by atoms with Crippen LogP contribution in [-0.4, -0.2) is 28.5 Å². The van der Waals surface area contributed by atoms with Gasteiger partial charge in [-0.1, -0.05) is 48.0 Å². The van der Waals surface area contributed by atoms with Gasteiger partial charge < -0.3 is 14.2 Å². The number of esters is 1. The number of nitrogens with zero attached hydrogens (tertiary/aromatic N) is 2. The molecule has 0 saturated carbocycles. The number of aromatic nitrogens is 1. The average molecular weight is 489 g/mol. The molecule has 0 spiro atoms. The molecule has 0 unspecified atom stereocenters. The Labute approximate surface area is 211 Å². The van der Waals surface area contributed by atoms with E-state index in [1.807, 2.05) is 82.3 Å². The second-order valence-electron chi connectivity index (χ2n) is 8.86. The summed E-state index contributed by atoms with van der Waals surface area (Å²) in [5.41, 5.74) is 7.07. The van der Waals surface area contributed by atoms with Gasteiger partial charge in [0, 0.05) is 27.8 Å². The van der Waals surface area contributed by atoms with E-state index in [1.54, 1.807) is 17.9 Å². The van der Waals surface area contributed by atoms with Crippen molar-refractivity contribution in [1.82, 2.24) is 9.47 Å². The summed E-state index contributed by atoms with van der Waals surface area (Å²) in [6.07, 6.45) is 1.80. The monoisotopic (exact) mass is 488 g/mol. The van der Waals surface area contributed by atoms with Crippen molar-refractivity contribution in [3.8, 4) is 5.69 Å². The number of allylic oxidation sites excluding steroid dienone is 1. The highest BCUT2D eigenvalue weighted by atomic mass is 35.5. The molecule has 1 aliphatic rings. The lowest BCUT2D eigenvalue weighted by molar-refractivity contribution is -0.136. The first-order valence-electron chi connectivity index (χ1n) is 11.5. The molecule has 0 aliphatic carbocycles. The van der Waals surface area contributed by atoms with Gasteiger partial charge in [0.25, 0.3) is 5.91 Å². The highest BCUT2D eigenvalue weighted by molar-refractivity contribution is 6.30. The van der Waals surface area contributed by atoms with Crippen molar-refractivity contribution in [3.05, 3.63) is 105 Å². The molecule has 0 radical (unpaired) electrons. The van der Waals surface area contributed by atoms with Crippen LogP contribution in [0.5, 0.6) is 0 Å². The number of aryl methyl sites for hydroxylation is 2. The molecule has 0 saturated heterocycles. The summed E-state index contributed by atoms with van der Waals surface area (Å²) in [7, 11) is 1.34. The molecule has 3 aromatic rings. The van der Waals surface area contributed by atoms with Crippen LogP contribution >= 0.6 is 11.6 Å². The van der Waals surface area contributed by atoms with E-state index in [0.29, 0.717) is 21.9 Å². The highest BCUT2D eigenvalue weighted by Crippen LogP contribution is 2.38. The van der Waals surface area contributed by atoms with E-state index in [2.05, 4.69) is 4.57 Å². The maximum atomic E-state index is 13.7. The third-order valence-corrected chi connectivity index (χ3v) is 6.92. The molecular weight excluding hydrogens is 460 g/mol. The molecule has 1 atom stereocenters. The van der Waals surface area contributed by atoms with Crippen LogP contribution in [0.4, 0.5) is 0 Å². The summed E-state index contributed by atoms with van der Waals surface area (Å²) in [5, 5.41) is 0.654. The normalized spacial score (nSPS) is 15.8. The fraction of sp³-hybridized carbons (Fsp3) is 0.241. The smallest absolute Gasteiger partial charge is 0.340 e. The number of carbonyl (C=O) groups is 2. The van der Waals surface area contributed by atoms with Gasteiger partial charge in [-0.3, -0.25) is 4.79 Å². The van der Waals surface area contributed by atoms with E-state index in [-0.39, 0.29) is 11.9 Å². The lowest BCUT2D eigenvalue weighted by Gasteiger charge is -2.26. The Balaban J connectivity index is 1.84. The molecule has 2 heterocycles. The standard InChI is InChI=1S/C29H29ClN2O3/c1-17-12-13-24(30)16-26(17)31-18(2)14-23(20(31)4)15-25-27(29(34)35-6)21(5)32(28(25)33)19(3)22-10-8-7-9-11-22/h7-16,19H,1-6H3/b25-15-/t19-/m0/s1. The topological polar surface area (TPSA) is 51.5 Å². The van der Waals surface area contributed by atoms with E-state index in [9.17, 15) is 9.59 Å². The lowest BCUT2D eigenvalue weighted by atomic mass is 10.0. The van der Waals surface area contributed by atoms with Crippen LogP contribution < -0.4 is 0 Å². The summed E-state index contributed by atoms with van der Waals surface area (Å²) in [6, 6.07) is 17.3. The van der Waals surface area contributed by atoms with Gasteiger partial charge in [-0.25, -0.2) is 4.79 Å². The molecule has 0 N–H and O–H groups in total. The fourth-order valence-corrected chi connectivity index (χ4v) is 4.99. The minimum absolute atomic E-state index is 0.219. The van der Waals surface area contributed by atoms with Gasteiger partial charge in [0.2, 0.25) is 0 Å². The number of amides is 1. The zero-order valence-corrected chi connectivity index (χ0v) is 21.6. The maximum absolute atomic E-state index is 13.7. The predicted molar refractivity (Wildman–Crippen MR) is 139 cm³/mol. The van der Waals surface area contributed by atoms with Crippen LogP contribution in [-0.2, 0) is 14.3 Å². The first-order valence-corrected chi connectivity index (χ1v) is 11.9. The Morgan fingerprint density at radius 2 is 1.71 bits per heavy atom. The third kappa shape index (κ3) is 4.32. The van der Waals surface area contributed by atoms with Gasteiger partial charge >= 0.3 is 5.97 Å². The van der Waals surface area contributed by atoms with Crippen molar-refractivity contribution >= 4 is 29.6 Å². The Hall–Kier alpha value is -3.57. The average Bonchev–Trinajstić information content (AvgIpc) is 3.26. The molecule has 6 heteroatoms.